The van der Waals surface area contributed by atoms with Crippen molar-refractivity contribution in [2.45, 2.75) is 38.6 Å². The lowest BCUT2D eigenvalue weighted by atomic mass is 9.83. The van der Waals surface area contributed by atoms with Crippen LogP contribution < -0.4 is 5.73 Å². The zero-order valence-electron chi connectivity index (χ0n) is 16.1. The third-order valence-electron chi connectivity index (χ3n) is 4.51. The lowest BCUT2D eigenvalue weighted by Crippen LogP contribution is -2.26. The standard InChI is InChI=1S/C17H17F3N2O4S.C2H6/c18-17(19,20)27(23,24)26-16-11(10-5-7-25-8-6-10)1-2-12-13(16)3-4-15(22)14(12)9-21;1-2/h3-5,9,21H,1-2,6-8,22H2;1-2H3. The summed E-state index contributed by atoms with van der Waals surface area (Å²) in [6, 6.07) is 2.85. The molecule has 0 saturated carbocycles. The Hall–Kier alpha value is -2.33. The number of allylic oxidation sites excluding steroid dienone is 1. The monoisotopic (exact) mass is 432 g/mol. The van der Waals surface area contributed by atoms with E-state index in [1.165, 1.54) is 12.1 Å². The summed E-state index contributed by atoms with van der Waals surface area (Å²) < 4.78 is 71.9. The summed E-state index contributed by atoms with van der Waals surface area (Å²) in [6.07, 6.45) is 3.82. The molecule has 0 saturated heterocycles. The molecule has 1 heterocycles. The summed E-state index contributed by atoms with van der Waals surface area (Å²) in [4.78, 5) is 0. The van der Waals surface area contributed by atoms with Crippen molar-refractivity contribution in [2.75, 3.05) is 18.9 Å². The van der Waals surface area contributed by atoms with Gasteiger partial charge in [-0.3, -0.25) is 0 Å². The summed E-state index contributed by atoms with van der Waals surface area (Å²) in [7, 11) is -5.85. The molecule has 160 valence electrons. The molecule has 0 fully saturated rings. The smallest absolute Gasteiger partial charge is 0.398 e. The average molecular weight is 432 g/mol. The minimum absolute atomic E-state index is 0.198. The SMILES string of the molecule is CC.N=Cc1c(N)ccc2c1CCC(C1=CCOCC1)=C2OS(=O)(=O)C(F)(F)F. The van der Waals surface area contributed by atoms with Crippen molar-refractivity contribution in [1.29, 1.82) is 5.41 Å². The first-order valence-electron chi connectivity index (χ1n) is 9.09. The van der Waals surface area contributed by atoms with E-state index < -0.39 is 15.6 Å². The predicted octanol–water partition coefficient (Wildman–Crippen LogP) is 4.16. The number of hydrogen-bond donors (Lipinski definition) is 2. The van der Waals surface area contributed by atoms with E-state index in [0.29, 0.717) is 48.3 Å². The summed E-state index contributed by atoms with van der Waals surface area (Å²) in [5, 5.41) is 7.53. The average Bonchev–Trinajstić information content (AvgIpc) is 2.69. The van der Waals surface area contributed by atoms with Gasteiger partial charge in [-0.05, 0) is 48.1 Å². The molecule has 1 aromatic rings. The summed E-state index contributed by atoms with van der Waals surface area (Å²) in [6.45, 7) is 4.67. The Morgan fingerprint density at radius 1 is 1.21 bits per heavy atom. The zero-order chi connectivity index (χ0) is 21.8. The fraction of sp³-hybridized carbons (Fsp3) is 0.421. The molecule has 1 aliphatic heterocycles. The number of nitrogens with one attached hydrogen (secondary N) is 1. The molecule has 3 N–H and O–H groups in total. The number of halogens is 3. The number of alkyl halides is 3. The quantitative estimate of drug-likeness (QED) is 0.322. The van der Waals surface area contributed by atoms with E-state index in [0.717, 1.165) is 6.21 Å². The first-order chi connectivity index (χ1) is 13.7. The van der Waals surface area contributed by atoms with Gasteiger partial charge in [-0.25, -0.2) is 0 Å². The largest absolute Gasteiger partial charge is 0.534 e. The number of benzene rings is 1. The fourth-order valence-electron chi connectivity index (χ4n) is 3.22. The van der Waals surface area contributed by atoms with Crippen molar-refractivity contribution in [2.24, 2.45) is 0 Å². The molecule has 29 heavy (non-hydrogen) atoms. The van der Waals surface area contributed by atoms with E-state index >= 15 is 0 Å². The van der Waals surface area contributed by atoms with Crippen LogP contribution in [0.15, 0.2) is 29.4 Å². The van der Waals surface area contributed by atoms with E-state index in [-0.39, 0.29) is 23.4 Å². The van der Waals surface area contributed by atoms with Crippen LogP contribution in [-0.4, -0.2) is 33.4 Å². The lowest BCUT2D eigenvalue weighted by Gasteiger charge is -2.27. The van der Waals surface area contributed by atoms with Crippen molar-refractivity contribution in [3.8, 4) is 0 Å². The van der Waals surface area contributed by atoms with Gasteiger partial charge in [0.1, 0.15) is 0 Å². The highest BCUT2D eigenvalue weighted by Crippen LogP contribution is 2.42. The van der Waals surface area contributed by atoms with Crippen molar-refractivity contribution in [3.05, 3.63) is 46.0 Å². The van der Waals surface area contributed by atoms with Crippen molar-refractivity contribution < 1.29 is 30.5 Å². The predicted molar refractivity (Wildman–Crippen MR) is 105 cm³/mol. The Bertz CT molecular complexity index is 951. The maximum atomic E-state index is 12.9. The Kier molecular flexibility index (Phi) is 7.12. The number of hydrogen-bond acceptors (Lipinski definition) is 6. The van der Waals surface area contributed by atoms with Crippen LogP contribution in [0.2, 0.25) is 0 Å². The molecule has 0 aromatic heterocycles. The van der Waals surface area contributed by atoms with Gasteiger partial charge in [0.2, 0.25) is 0 Å². The number of nitrogen functional groups attached to an aromatic ring is 1. The van der Waals surface area contributed by atoms with Crippen LogP contribution in [0.3, 0.4) is 0 Å². The number of fused-ring (bicyclic) bond motifs is 1. The molecule has 0 amide bonds. The molecule has 1 aliphatic carbocycles. The van der Waals surface area contributed by atoms with Gasteiger partial charge in [0, 0.05) is 23.0 Å². The van der Waals surface area contributed by atoms with Gasteiger partial charge in [-0.2, -0.15) is 21.6 Å². The van der Waals surface area contributed by atoms with Crippen LogP contribution in [0, 0.1) is 5.41 Å². The first kappa shape index (κ1) is 23.0. The van der Waals surface area contributed by atoms with Crippen LogP contribution >= 0.6 is 0 Å². The Morgan fingerprint density at radius 3 is 2.45 bits per heavy atom. The van der Waals surface area contributed by atoms with Crippen molar-refractivity contribution in [3.63, 3.8) is 0 Å². The highest BCUT2D eigenvalue weighted by atomic mass is 32.2. The van der Waals surface area contributed by atoms with Gasteiger partial charge in [0.05, 0.1) is 13.2 Å². The van der Waals surface area contributed by atoms with Gasteiger partial charge in [0.25, 0.3) is 0 Å². The highest BCUT2D eigenvalue weighted by Gasteiger charge is 2.49. The van der Waals surface area contributed by atoms with E-state index in [9.17, 15) is 21.6 Å². The normalized spacial score (nSPS) is 16.9. The number of ether oxygens (including phenoxy) is 1. The zero-order valence-corrected chi connectivity index (χ0v) is 16.9. The van der Waals surface area contributed by atoms with Gasteiger partial charge >= 0.3 is 15.6 Å². The third-order valence-corrected chi connectivity index (χ3v) is 5.46. The van der Waals surface area contributed by atoms with Gasteiger partial charge in [0.15, 0.2) is 5.76 Å². The molecule has 6 nitrogen and oxygen atoms in total. The van der Waals surface area contributed by atoms with E-state index in [2.05, 4.69) is 4.18 Å². The van der Waals surface area contributed by atoms with Crippen LogP contribution in [0.1, 0.15) is 43.4 Å². The summed E-state index contributed by atoms with van der Waals surface area (Å²) in [5.41, 5.74) is 2.72. The molecule has 0 bridgehead atoms. The molecule has 0 spiro atoms. The number of rotatable bonds is 4. The van der Waals surface area contributed by atoms with Crippen LogP contribution in [-0.2, 0) is 25.5 Å². The molecule has 3 rings (SSSR count). The first-order valence-corrected chi connectivity index (χ1v) is 10.5. The second-order valence-corrected chi connectivity index (χ2v) is 7.62. The van der Waals surface area contributed by atoms with Crippen molar-refractivity contribution in [1.82, 2.24) is 0 Å². The van der Waals surface area contributed by atoms with Crippen LogP contribution in [0.4, 0.5) is 18.9 Å². The molecular weight excluding hydrogens is 409 g/mol. The molecule has 0 atom stereocenters. The van der Waals surface area contributed by atoms with Gasteiger partial charge < -0.3 is 20.1 Å². The molecule has 0 radical (unpaired) electrons. The maximum absolute atomic E-state index is 12.9. The maximum Gasteiger partial charge on any atom is 0.534 e. The second-order valence-electron chi connectivity index (χ2n) is 6.08. The van der Waals surface area contributed by atoms with Gasteiger partial charge in [-0.1, -0.05) is 19.9 Å². The van der Waals surface area contributed by atoms with E-state index in [4.69, 9.17) is 15.9 Å². The minimum Gasteiger partial charge on any atom is -0.398 e. The minimum atomic E-state index is -5.85. The second kappa shape index (κ2) is 9.00. The van der Waals surface area contributed by atoms with E-state index in [1.807, 2.05) is 13.8 Å². The Morgan fingerprint density at radius 2 is 1.90 bits per heavy atom. The number of nitrogens with two attached hydrogens (primary N) is 1. The Labute approximate surface area is 167 Å². The lowest BCUT2D eigenvalue weighted by molar-refractivity contribution is -0.0509. The summed E-state index contributed by atoms with van der Waals surface area (Å²) >= 11 is 0. The fourth-order valence-corrected chi connectivity index (χ4v) is 3.73. The van der Waals surface area contributed by atoms with Crippen LogP contribution in [0.5, 0.6) is 0 Å². The molecule has 0 unspecified atom stereocenters. The van der Waals surface area contributed by atoms with E-state index in [1.54, 1.807) is 6.08 Å². The van der Waals surface area contributed by atoms with Crippen molar-refractivity contribution >= 4 is 27.8 Å². The Balaban J connectivity index is 0.00000145. The molecule has 10 heteroatoms. The summed E-state index contributed by atoms with van der Waals surface area (Å²) in [5.74, 6) is -0.357. The topological polar surface area (TPSA) is 102 Å². The molecule has 2 aliphatic rings. The van der Waals surface area contributed by atoms with Crippen LogP contribution in [0.25, 0.3) is 5.76 Å². The molecular formula is C19H23F3N2O4S. The number of anilines is 1. The van der Waals surface area contributed by atoms with Gasteiger partial charge in [-0.15, -0.1) is 0 Å². The highest BCUT2D eigenvalue weighted by molar-refractivity contribution is 7.87. The third kappa shape index (κ3) is 4.64. The molecule has 1 aromatic carbocycles.